The summed E-state index contributed by atoms with van der Waals surface area (Å²) >= 11 is 24.8. The number of phenols is 3. The summed E-state index contributed by atoms with van der Waals surface area (Å²) in [6.07, 6.45) is 0. The lowest BCUT2D eigenvalue weighted by Crippen LogP contribution is -2.06. The van der Waals surface area contributed by atoms with Crippen LogP contribution in [0.25, 0.3) is 33.4 Å². The number of aromatic carboxylic acids is 1. The SMILES string of the molecule is O=C(O)c1c(Cl)c(Cl)c(Cl)c(Cl)c1-c1c2cc(O)c(=O)cc-2oc2cc(O)c(O)cc12. The fourth-order valence-electron chi connectivity index (χ4n) is 3.27. The van der Waals surface area contributed by atoms with Crippen molar-refractivity contribution in [3.8, 4) is 39.7 Å². The average Bonchev–Trinajstić information content (AvgIpc) is 2.70. The third kappa shape index (κ3) is 3.21. The molecule has 7 nitrogen and oxygen atoms in total. The second kappa shape index (κ2) is 7.39. The first-order valence-corrected chi connectivity index (χ1v) is 9.79. The number of carboxylic acid groups (broad SMARTS) is 1. The Hall–Kier alpha value is -2.84. The maximum Gasteiger partial charge on any atom is 0.337 e. The minimum Gasteiger partial charge on any atom is -0.504 e. The molecule has 4 rings (SSSR count). The molecule has 0 saturated carbocycles. The van der Waals surface area contributed by atoms with Gasteiger partial charge in [-0.25, -0.2) is 4.79 Å². The van der Waals surface area contributed by atoms with Gasteiger partial charge in [0, 0.05) is 34.2 Å². The monoisotopic (exact) mass is 500 g/mol. The molecule has 0 bridgehead atoms. The normalized spacial score (nSPS) is 11.4. The zero-order valence-corrected chi connectivity index (χ0v) is 17.9. The van der Waals surface area contributed by atoms with Crippen LogP contribution in [-0.4, -0.2) is 26.4 Å². The van der Waals surface area contributed by atoms with E-state index in [0.717, 1.165) is 24.3 Å². The summed E-state index contributed by atoms with van der Waals surface area (Å²) in [5.74, 6) is -3.28. The van der Waals surface area contributed by atoms with Crippen LogP contribution >= 0.6 is 46.4 Å². The molecule has 158 valence electrons. The Kier molecular flexibility index (Phi) is 5.10. The number of phenolic OH excluding ortho intramolecular Hbond substituents is 3. The molecular formula is C20H8Cl4O7. The van der Waals surface area contributed by atoms with E-state index in [1.807, 2.05) is 0 Å². The molecule has 11 heteroatoms. The number of carbonyl (C=O) groups is 1. The van der Waals surface area contributed by atoms with Gasteiger partial charge in [-0.3, -0.25) is 4.79 Å². The first kappa shape index (κ1) is 21.4. The summed E-state index contributed by atoms with van der Waals surface area (Å²) in [6.45, 7) is 0. The van der Waals surface area contributed by atoms with Crippen molar-refractivity contribution in [3.05, 3.63) is 60.1 Å². The van der Waals surface area contributed by atoms with Crippen molar-refractivity contribution in [1.82, 2.24) is 0 Å². The quantitative estimate of drug-likeness (QED) is 0.115. The van der Waals surface area contributed by atoms with E-state index in [2.05, 4.69) is 0 Å². The van der Waals surface area contributed by atoms with Gasteiger partial charge in [0.05, 0.1) is 25.7 Å². The van der Waals surface area contributed by atoms with Crippen molar-refractivity contribution in [3.63, 3.8) is 0 Å². The predicted molar refractivity (Wildman–Crippen MR) is 117 cm³/mol. The molecule has 31 heavy (non-hydrogen) atoms. The molecule has 4 N–H and O–H groups in total. The van der Waals surface area contributed by atoms with Crippen LogP contribution in [0.1, 0.15) is 10.4 Å². The summed E-state index contributed by atoms with van der Waals surface area (Å²) in [4.78, 5) is 24.0. The van der Waals surface area contributed by atoms with E-state index < -0.39 is 39.2 Å². The zero-order valence-electron chi connectivity index (χ0n) is 14.8. The van der Waals surface area contributed by atoms with Crippen LogP contribution in [0.5, 0.6) is 17.2 Å². The van der Waals surface area contributed by atoms with Gasteiger partial charge in [0.15, 0.2) is 17.2 Å². The number of fused-ring (bicyclic) bond motifs is 2. The fourth-order valence-corrected chi connectivity index (χ4v) is 4.30. The molecule has 2 aromatic carbocycles. The third-order valence-corrected chi connectivity index (χ3v) is 6.43. The smallest absolute Gasteiger partial charge is 0.337 e. The molecule has 0 radical (unpaired) electrons. The lowest BCUT2D eigenvalue weighted by Gasteiger charge is -2.20. The van der Waals surface area contributed by atoms with Crippen molar-refractivity contribution in [2.45, 2.75) is 0 Å². The molecule has 0 atom stereocenters. The highest BCUT2D eigenvalue weighted by atomic mass is 35.5. The number of hydrogen-bond acceptors (Lipinski definition) is 6. The topological polar surface area (TPSA) is 128 Å². The van der Waals surface area contributed by atoms with Gasteiger partial charge in [0.1, 0.15) is 11.3 Å². The highest BCUT2D eigenvalue weighted by molar-refractivity contribution is 6.54. The van der Waals surface area contributed by atoms with Crippen LogP contribution in [0, 0.1) is 0 Å². The van der Waals surface area contributed by atoms with Gasteiger partial charge in [-0.1, -0.05) is 46.4 Å². The number of carboxylic acids is 1. The molecule has 2 aliphatic rings. The molecule has 1 aliphatic carbocycles. The highest BCUT2D eigenvalue weighted by Crippen LogP contribution is 2.51. The molecule has 0 unspecified atom stereocenters. The maximum absolute atomic E-state index is 12.1. The largest absolute Gasteiger partial charge is 0.504 e. The molecule has 0 spiro atoms. The summed E-state index contributed by atoms with van der Waals surface area (Å²) in [5.41, 5.74) is -1.41. The van der Waals surface area contributed by atoms with Gasteiger partial charge in [-0.15, -0.1) is 0 Å². The first-order chi connectivity index (χ1) is 14.5. The summed E-state index contributed by atoms with van der Waals surface area (Å²) in [6, 6.07) is 4.20. The van der Waals surface area contributed by atoms with E-state index in [4.69, 9.17) is 50.8 Å². The summed E-state index contributed by atoms with van der Waals surface area (Å²) < 4.78 is 5.64. The molecule has 1 heterocycles. The molecular weight excluding hydrogens is 494 g/mol. The Balaban J connectivity index is 2.36. The maximum atomic E-state index is 12.1. The van der Waals surface area contributed by atoms with Gasteiger partial charge >= 0.3 is 5.97 Å². The lowest BCUT2D eigenvalue weighted by molar-refractivity contribution is 0.0698. The minimum atomic E-state index is -1.49. The van der Waals surface area contributed by atoms with Crippen LogP contribution in [0.4, 0.5) is 0 Å². The van der Waals surface area contributed by atoms with Gasteiger partial charge in [-0.05, 0) is 12.1 Å². The Morgan fingerprint density at radius 2 is 1.39 bits per heavy atom. The van der Waals surface area contributed by atoms with Crippen molar-refractivity contribution < 1.29 is 29.6 Å². The summed E-state index contributed by atoms with van der Waals surface area (Å²) in [5, 5.41) is 38.6. The Bertz CT molecular complexity index is 1460. The van der Waals surface area contributed by atoms with E-state index in [1.165, 1.54) is 0 Å². The van der Waals surface area contributed by atoms with Crippen LogP contribution in [0.2, 0.25) is 20.1 Å². The number of aromatic hydroxyl groups is 3. The predicted octanol–water partition coefficient (Wildman–Crippen LogP) is 5.99. The minimum absolute atomic E-state index is 0.0183. The van der Waals surface area contributed by atoms with E-state index >= 15 is 0 Å². The molecule has 1 aliphatic heterocycles. The number of hydrogen-bond donors (Lipinski definition) is 4. The van der Waals surface area contributed by atoms with Gasteiger partial charge in [-0.2, -0.15) is 0 Å². The first-order valence-electron chi connectivity index (χ1n) is 8.28. The fraction of sp³-hybridized carbons (Fsp3) is 0. The lowest BCUT2D eigenvalue weighted by atomic mass is 9.90. The number of rotatable bonds is 2. The Morgan fingerprint density at radius 1 is 0.774 bits per heavy atom. The summed E-state index contributed by atoms with van der Waals surface area (Å²) in [7, 11) is 0. The van der Waals surface area contributed by atoms with E-state index in [1.54, 1.807) is 0 Å². The van der Waals surface area contributed by atoms with Crippen molar-refractivity contribution in [1.29, 1.82) is 0 Å². The van der Waals surface area contributed by atoms with Crippen LogP contribution in [0.15, 0.2) is 33.5 Å². The van der Waals surface area contributed by atoms with Gasteiger partial charge < -0.3 is 24.8 Å². The molecule has 2 aromatic rings. The number of halogens is 4. The second-order valence-electron chi connectivity index (χ2n) is 6.44. The average molecular weight is 502 g/mol. The Labute approximate surface area is 192 Å². The van der Waals surface area contributed by atoms with E-state index in [0.29, 0.717) is 0 Å². The van der Waals surface area contributed by atoms with Gasteiger partial charge in [0.2, 0.25) is 5.43 Å². The third-order valence-electron chi connectivity index (χ3n) is 4.63. The van der Waals surface area contributed by atoms with Crippen LogP contribution in [-0.2, 0) is 0 Å². The molecule has 0 saturated heterocycles. The second-order valence-corrected chi connectivity index (χ2v) is 7.95. The number of benzene rings is 3. The van der Waals surface area contributed by atoms with Crippen molar-refractivity contribution in [2.75, 3.05) is 0 Å². The van der Waals surface area contributed by atoms with Crippen LogP contribution < -0.4 is 5.43 Å². The molecule has 0 amide bonds. The highest BCUT2D eigenvalue weighted by Gasteiger charge is 2.30. The van der Waals surface area contributed by atoms with Crippen molar-refractivity contribution in [2.24, 2.45) is 0 Å². The Morgan fingerprint density at radius 3 is 2.03 bits per heavy atom. The van der Waals surface area contributed by atoms with E-state index in [9.17, 15) is 30.0 Å². The molecule has 0 fully saturated rings. The van der Waals surface area contributed by atoms with Crippen LogP contribution in [0.3, 0.4) is 0 Å². The van der Waals surface area contributed by atoms with Crippen molar-refractivity contribution >= 4 is 63.3 Å². The standard InChI is InChI=1S/C20H8Cl4O7/c21-16-14(15(20(29)30)17(22)19(24)18(16)23)13-5-1-7(25)9(27)3-11(5)31-12-4-10(28)8(26)2-6(12)13/h1-4,25-27H,(H,29,30). The van der Waals surface area contributed by atoms with E-state index in [-0.39, 0.29) is 48.5 Å². The zero-order chi connectivity index (χ0) is 22.8. The van der Waals surface area contributed by atoms with Gasteiger partial charge in [0.25, 0.3) is 0 Å². The molecule has 0 aromatic heterocycles.